The van der Waals surface area contributed by atoms with Crippen molar-refractivity contribution in [2.75, 3.05) is 13.2 Å². The predicted molar refractivity (Wildman–Crippen MR) is 68.9 cm³/mol. The van der Waals surface area contributed by atoms with E-state index in [4.69, 9.17) is 4.74 Å². The van der Waals surface area contributed by atoms with Gasteiger partial charge in [0, 0.05) is 13.1 Å². The lowest BCUT2D eigenvalue weighted by Crippen LogP contribution is -2.26. The number of nitrogens with one attached hydrogen (secondary N) is 1. The minimum atomic E-state index is -4.29. The summed E-state index contributed by atoms with van der Waals surface area (Å²) < 4.78 is 43.0. The molecule has 1 N–H and O–H groups in total. The summed E-state index contributed by atoms with van der Waals surface area (Å²) in [5, 5.41) is 3.06. The molecule has 1 aromatic rings. The van der Waals surface area contributed by atoms with Crippen LogP contribution in [0.3, 0.4) is 0 Å². The zero-order chi connectivity index (χ0) is 14.5. The van der Waals surface area contributed by atoms with Crippen LogP contribution in [-0.2, 0) is 17.5 Å². The molecule has 5 heteroatoms. The molecule has 0 saturated carbocycles. The number of alkyl halides is 3. The Morgan fingerprint density at radius 3 is 2.42 bits per heavy atom. The van der Waals surface area contributed by atoms with Gasteiger partial charge in [-0.15, -0.1) is 0 Å². The predicted octanol–water partition coefficient (Wildman–Crippen LogP) is 3.61. The van der Waals surface area contributed by atoms with Gasteiger partial charge < -0.3 is 10.1 Å². The van der Waals surface area contributed by atoms with E-state index in [1.165, 1.54) is 6.07 Å². The lowest BCUT2D eigenvalue weighted by atomic mass is 10.1. The van der Waals surface area contributed by atoms with E-state index in [0.29, 0.717) is 25.3 Å². The van der Waals surface area contributed by atoms with Crippen molar-refractivity contribution in [3.63, 3.8) is 0 Å². The van der Waals surface area contributed by atoms with E-state index in [9.17, 15) is 13.2 Å². The highest BCUT2D eigenvalue weighted by atomic mass is 19.4. The summed E-state index contributed by atoms with van der Waals surface area (Å²) in [7, 11) is 0. The van der Waals surface area contributed by atoms with Crippen molar-refractivity contribution in [3.05, 3.63) is 35.4 Å². The van der Waals surface area contributed by atoms with Gasteiger partial charge in [0.1, 0.15) is 0 Å². The largest absolute Gasteiger partial charge is 0.416 e. The van der Waals surface area contributed by atoms with Gasteiger partial charge in [0.25, 0.3) is 0 Å². The summed E-state index contributed by atoms with van der Waals surface area (Å²) in [6.45, 7) is 7.41. The van der Waals surface area contributed by atoms with E-state index >= 15 is 0 Å². The normalized spacial score (nSPS) is 12.7. The molecule has 0 heterocycles. The Kier molecular flexibility index (Phi) is 5.38. The fourth-order valence-electron chi connectivity index (χ4n) is 1.52. The van der Waals surface area contributed by atoms with Gasteiger partial charge in [0.05, 0.1) is 17.8 Å². The number of rotatable bonds is 5. The molecule has 0 amide bonds. The highest BCUT2D eigenvalue weighted by Gasteiger charge is 2.30. The van der Waals surface area contributed by atoms with Crippen LogP contribution in [0.2, 0.25) is 0 Å². The van der Waals surface area contributed by atoms with E-state index in [1.807, 2.05) is 20.8 Å². The van der Waals surface area contributed by atoms with Crippen LogP contribution in [0.15, 0.2) is 24.3 Å². The molecule has 108 valence electrons. The molecule has 0 aliphatic rings. The van der Waals surface area contributed by atoms with Crippen LogP contribution in [0.4, 0.5) is 13.2 Å². The van der Waals surface area contributed by atoms with E-state index in [0.717, 1.165) is 12.1 Å². The number of ether oxygens (including phenoxy) is 1. The summed E-state index contributed by atoms with van der Waals surface area (Å²) in [4.78, 5) is 0. The fourth-order valence-corrected chi connectivity index (χ4v) is 1.52. The minimum absolute atomic E-state index is 0.197. The smallest absolute Gasteiger partial charge is 0.375 e. The molecule has 0 aliphatic carbocycles. The quantitative estimate of drug-likeness (QED) is 0.829. The number of benzene rings is 1. The summed E-state index contributed by atoms with van der Waals surface area (Å²) >= 11 is 0. The number of hydrogen-bond acceptors (Lipinski definition) is 2. The standard InChI is InChI=1S/C14H20F3NO/c1-13(2,3)19-8-7-18-10-11-5-4-6-12(9-11)14(15,16)17/h4-6,9,18H,7-8,10H2,1-3H3. The van der Waals surface area contributed by atoms with E-state index in [1.54, 1.807) is 6.07 Å². The second kappa shape index (κ2) is 6.39. The molecule has 1 rings (SSSR count). The van der Waals surface area contributed by atoms with Crippen molar-refractivity contribution in [3.8, 4) is 0 Å². The maximum atomic E-state index is 12.5. The van der Waals surface area contributed by atoms with Gasteiger partial charge >= 0.3 is 6.18 Å². The fraction of sp³-hybridized carbons (Fsp3) is 0.571. The van der Waals surface area contributed by atoms with Gasteiger partial charge in [0.15, 0.2) is 0 Å². The molecule has 0 aliphatic heterocycles. The third-order valence-corrected chi connectivity index (χ3v) is 2.40. The first-order valence-electron chi connectivity index (χ1n) is 6.19. The van der Waals surface area contributed by atoms with Crippen molar-refractivity contribution >= 4 is 0 Å². The Labute approximate surface area is 112 Å². The number of halogens is 3. The van der Waals surface area contributed by atoms with Gasteiger partial charge in [0.2, 0.25) is 0 Å². The third-order valence-electron chi connectivity index (χ3n) is 2.40. The molecule has 0 unspecified atom stereocenters. The van der Waals surface area contributed by atoms with Crippen LogP contribution in [0.5, 0.6) is 0 Å². The minimum Gasteiger partial charge on any atom is -0.375 e. The van der Waals surface area contributed by atoms with Crippen LogP contribution < -0.4 is 5.32 Å². The van der Waals surface area contributed by atoms with Crippen LogP contribution in [-0.4, -0.2) is 18.8 Å². The van der Waals surface area contributed by atoms with Gasteiger partial charge in [-0.1, -0.05) is 18.2 Å². The second-order valence-corrected chi connectivity index (χ2v) is 5.34. The zero-order valence-corrected chi connectivity index (χ0v) is 11.5. The molecular formula is C14H20F3NO. The molecule has 2 nitrogen and oxygen atoms in total. The van der Waals surface area contributed by atoms with Crippen LogP contribution in [0.1, 0.15) is 31.9 Å². The second-order valence-electron chi connectivity index (χ2n) is 5.34. The first-order valence-corrected chi connectivity index (χ1v) is 6.19. The Hall–Kier alpha value is -1.07. The van der Waals surface area contributed by atoms with Crippen molar-refractivity contribution < 1.29 is 17.9 Å². The first kappa shape index (κ1) is 16.0. The molecule has 0 spiro atoms. The van der Waals surface area contributed by atoms with Gasteiger partial charge in [-0.05, 0) is 32.4 Å². The molecule has 1 aromatic carbocycles. The monoisotopic (exact) mass is 275 g/mol. The Morgan fingerprint density at radius 1 is 1.16 bits per heavy atom. The summed E-state index contributed by atoms with van der Waals surface area (Å²) in [6.07, 6.45) is -4.29. The molecule has 0 saturated heterocycles. The zero-order valence-electron chi connectivity index (χ0n) is 11.5. The lowest BCUT2D eigenvalue weighted by Gasteiger charge is -2.19. The molecule has 19 heavy (non-hydrogen) atoms. The van der Waals surface area contributed by atoms with Crippen molar-refractivity contribution in [2.45, 2.75) is 39.1 Å². The lowest BCUT2D eigenvalue weighted by molar-refractivity contribution is -0.137. The molecule has 0 aromatic heterocycles. The van der Waals surface area contributed by atoms with E-state index in [-0.39, 0.29) is 5.60 Å². The molecule has 0 bridgehead atoms. The topological polar surface area (TPSA) is 21.3 Å². The Balaban J connectivity index is 2.38. The van der Waals surface area contributed by atoms with Gasteiger partial charge in [-0.2, -0.15) is 13.2 Å². The molecular weight excluding hydrogens is 255 g/mol. The molecule has 0 fully saturated rings. The maximum Gasteiger partial charge on any atom is 0.416 e. The first-order chi connectivity index (χ1) is 8.68. The van der Waals surface area contributed by atoms with Gasteiger partial charge in [-0.3, -0.25) is 0 Å². The van der Waals surface area contributed by atoms with Crippen molar-refractivity contribution in [2.24, 2.45) is 0 Å². The average molecular weight is 275 g/mol. The molecule has 0 radical (unpaired) electrons. The van der Waals surface area contributed by atoms with E-state index < -0.39 is 11.7 Å². The Morgan fingerprint density at radius 2 is 1.84 bits per heavy atom. The summed E-state index contributed by atoms with van der Waals surface area (Å²) in [5.41, 5.74) is -0.193. The van der Waals surface area contributed by atoms with Crippen LogP contribution in [0.25, 0.3) is 0 Å². The number of hydrogen-bond donors (Lipinski definition) is 1. The summed E-state index contributed by atoms with van der Waals surface area (Å²) in [5.74, 6) is 0. The SMILES string of the molecule is CC(C)(C)OCCNCc1cccc(C(F)(F)F)c1. The molecule has 0 atom stereocenters. The highest BCUT2D eigenvalue weighted by molar-refractivity contribution is 5.25. The highest BCUT2D eigenvalue weighted by Crippen LogP contribution is 2.29. The van der Waals surface area contributed by atoms with E-state index in [2.05, 4.69) is 5.32 Å². The van der Waals surface area contributed by atoms with Gasteiger partial charge in [-0.25, -0.2) is 0 Å². The Bertz CT molecular complexity index is 396. The van der Waals surface area contributed by atoms with Crippen molar-refractivity contribution in [1.29, 1.82) is 0 Å². The maximum absolute atomic E-state index is 12.5. The van der Waals surface area contributed by atoms with Crippen LogP contribution >= 0.6 is 0 Å². The third kappa shape index (κ3) is 6.59. The van der Waals surface area contributed by atoms with Crippen molar-refractivity contribution in [1.82, 2.24) is 5.32 Å². The van der Waals surface area contributed by atoms with Crippen LogP contribution in [0, 0.1) is 0 Å². The summed E-state index contributed by atoms with van der Waals surface area (Å²) in [6, 6.07) is 5.34. The average Bonchev–Trinajstić information content (AvgIpc) is 2.26.